The van der Waals surface area contributed by atoms with Crippen LogP contribution in [-0.2, 0) is 0 Å². The predicted octanol–water partition coefficient (Wildman–Crippen LogP) is 4.43. The van der Waals surface area contributed by atoms with Crippen LogP contribution in [0.2, 0.25) is 0 Å². The number of phenolic OH excluding ortho intramolecular Hbond substituents is 1. The first kappa shape index (κ1) is 12.6. The molecule has 0 radical (unpaired) electrons. The molecule has 0 saturated carbocycles. The first-order valence-electron chi connectivity index (χ1n) is 6.47. The Morgan fingerprint density at radius 3 is 2.40 bits per heavy atom. The Hall–Kier alpha value is -2.42. The molecular weight excluding hydrogens is 252 g/mol. The Morgan fingerprint density at radius 1 is 1.05 bits per heavy atom. The van der Waals surface area contributed by atoms with Crippen LogP contribution in [0.1, 0.15) is 11.1 Å². The largest absolute Gasteiger partial charge is 0.504 e. The number of aromatic hydroxyl groups is 1. The van der Waals surface area contributed by atoms with Gasteiger partial charge < -0.3 is 14.3 Å². The summed E-state index contributed by atoms with van der Waals surface area (Å²) in [6.07, 6.45) is 0. The van der Waals surface area contributed by atoms with Gasteiger partial charge in [-0.15, -0.1) is 0 Å². The SMILES string of the molecule is COc1ccc(-c2oc3c(O)cc(C)cc3c2C)cc1. The van der Waals surface area contributed by atoms with E-state index in [2.05, 4.69) is 0 Å². The van der Waals surface area contributed by atoms with E-state index in [1.165, 1.54) is 0 Å². The first-order valence-corrected chi connectivity index (χ1v) is 6.47. The Bertz CT molecular complexity index is 767. The fourth-order valence-corrected chi connectivity index (χ4v) is 2.46. The molecule has 0 saturated heterocycles. The van der Waals surface area contributed by atoms with Crippen molar-refractivity contribution < 1.29 is 14.3 Å². The van der Waals surface area contributed by atoms with Crippen molar-refractivity contribution >= 4 is 11.0 Å². The van der Waals surface area contributed by atoms with Crippen LogP contribution in [0, 0.1) is 13.8 Å². The van der Waals surface area contributed by atoms with E-state index in [-0.39, 0.29) is 5.75 Å². The third-order valence-corrected chi connectivity index (χ3v) is 3.51. The number of aryl methyl sites for hydroxylation is 2. The zero-order chi connectivity index (χ0) is 14.3. The number of benzene rings is 2. The highest BCUT2D eigenvalue weighted by atomic mass is 16.5. The lowest BCUT2D eigenvalue weighted by atomic mass is 10.1. The zero-order valence-corrected chi connectivity index (χ0v) is 11.7. The number of ether oxygens (including phenoxy) is 1. The maximum atomic E-state index is 10.0. The van der Waals surface area contributed by atoms with Crippen molar-refractivity contribution in [3.05, 3.63) is 47.5 Å². The van der Waals surface area contributed by atoms with E-state index < -0.39 is 0 Å². The van der Waals surface area contributed by atoms with Crippen molar-refractivity contribution in [3.63, 3.8) is 0 Å². The molecule has 3 heteroatoms. The number of rotatable bonds is 2. The summed E-state index contributed by atoms with van der Waals surface area (Å²) in [7, 11) is 1.64. The lowest BCUT2D eigenvalue weighted by Crippen LogP contribution is -1.82. The van der Waals surface area contributed by atoms with Crippen LogP contribution in [-0.4, -0.2) is 12.2 Å². The van der Waals surface area contributed by atoms with Crippen LogP contribution in [0.15, 0.2) is 40.8 Å². The van der Waals surface area contributed by atoms with Crippen molar-refractivity contribution in [1.82, 2.24) is 0 Å². The summed E-state index contributed by atoms with van der Waals surface area (Å²) >= 11 is 0. The van der Waals surface area contributed by atoms with E-state index in [1.807, 2.05) is 44.2 Å². The van der Waals surface area contributed by atoms with Crippen LogP contribution in [0.4, 0.5) is 0 Å². The number of methoxy groups -OCH3 is 1. The van der Waals surface area contributed by atoms with Gasteiger partial charge >= 0.3 is 0 Å². The molecule has 0 bridgehead atoms. The van der Waals surface area contributed by atoms with Crippen molar-refractivity contribution in [3.8, 4) is 22.8 Å². The summed E-state index contributed by atoms with van der Waals surface area (Å²) in [4.78, 5) is 0. The lowest BCUT2D eigenvalue weighted by Gasteiger charge is -2.01. The lowest BCUT2D eigenvalue weighted by molar-refractivity contribution is 0.415. The van der Waals surface area contributed by atoms with Crippen molar-refractivity contribution in [2.75, 3.05) is 7.11 Å². The first-order chi connectivity index (χ1) is 9.60. The number of hydrogen-bond acceptors (Lipinski definition) is 3. The van der Waals surface area contributed by atoms with Gasteiger partial charge in [-0.3, -0.25) is 0 Å². The van der Waals surface area contributed by atoms with Crippen molar-refractivity contribution in [1.29, 1.82) is 0 Å². The molecule has 3 aromatic rings. The molecule has 0 fully saturated rings. The van der Waals surface area contributed by atoms with Gasteiger partial charge in [0.05, 0.1) is 7.11 Å². The summed E-state index contributed by atoms with van der Waals surface area (Å²) in [5.41, 5.74) is 3.56. The molecule has 3 rings (SSSR count). The van der Waals surface area contributed by atoms with E-state index >= 15 is 0 Å². The predicted molar refractivity (Wildman–Crippen MR) is 79.3 cm³/mol. The summed E-state index contributed by atoms with van der Waals surface area (Å²) in [6, 6.07) is 11.4. The molecule has 1 N–H and O–H groups in total. The van der Waals surface area contributed by atoms with Crippen LogP contribution < -0.4 is 4.74 Å². The van der Waals surface area contributed by atoms with Crippen molar-refractivity contribution in [2.45, 2.75) is 13.8 Å². The Balaban J connectivity index is 2.20. The maximum absolute atomic E-state index is 10.0. The molecule has 102 valence electrons. The second-order valence-corrected chi connectivity index (χ2v) is 4.95. The normalized spacial score (nSPS) is 10.9. The average molecular weight is 268 g/mol. The van der Waals surface area contributed by atoms with E-state index in [0.29, 0.717) is 5.58 Å². The number of phenols is 1. The summed E-state index contributed by atoms with van der Waals surface area (Å²) in [6.45, 7) is 3.96. The van der Waals surface area contributed by atoms with E-state index in [0.717, 1.165) is 33.6 Å². The fraction of sp³-hybridized carbons (Fsp3) is 0.176. The third-order valence-electron chi connectivity index (χ3n) is 3.51. The van der Waals surface area contributed by atoms with E-state index in [9.17, 15) is 5.11 Å². The zero-order valence-electron chi connectivity index (χ0n) is 11.7. The molecular formula is C17H16O3. The van der Waals surface area contributed by atoms with Gasteiger partial charge in [-0.05, 0) is 55.8 Å². The van der Waals surface area contributed by atoms with Crippen LogP contribution in [0.3, 0.4) is 0 Å². The van der Waals surface area contributed by atoms with Gasteiger partial charge in [0.25, 0.3) is 0 Å². The molecule has 0 aliphatic rings. The molecule has 0 unspecified atom stereocenters. The van der Waals surface area contributed by atoms with Crippen LogP contribution in [0.25, 0.3) is 22.3 Å². The average Bonchev–Trinajstić information content (AvgIpc) is 2.77. The van der Waals surface area contributed by atoms with Crippen LogP contribution in [0.5, 0.6) is 11.5 Å². The van der Waals surface area contributed by atoms with Gasteiger partial charge in [0.15, 0.2) is 11.3 Å². The second-order valence-electron chi connectivity index (χ2n) is 4.95. The Labute approximate surface area is 117 Å². The van der Waals surface area contributed by atoms with E-state index in [4.69, 9.17) is 9.15 Å². The highest BCUT2D eigenvalue weighted by molar-refractivity contribution is 5.91. The monoisotopic (exact) mass is 268 g/mol. The summed E-state index contributed by atoms with van der Waals surface area (Å²) in [5.74, 6) is 1.77. The van der Waals surface area contributed by atoms with Crippen LogP contribution >= 0.6 is 0 Å². The minimum absolute atomic E-state index is 0.183. The molecule has 0 spiro atoms. The third kappa shape index (κ3) is 1.92. The van der Waals surface area contributed by atoms with Gasteiger partial charge in [0.1, 0.15) is 11.5 Å². The van der Waals surface area contributed by atoms with Crippen molar-refractivity contribution in [2.24, 2.45) is 0 Å². The molecule has 0 aliphatic heterocycles. The topological polar surface area (TPSA) is 42.6 Å². The second kappa shape index (κ2) is 4.60. The molecule has 0 atom stereocenters. The quantitative estimate of drug-likeness (QED) is 0.747. The minimum Gasteiger partial charge on any atom is -0.504 e. The number of hydrogen-bond donors (Lipinski definition) is 1. The summed E-state index contributed by atoms with van der Waals surface area (Å²) in [5, 5.41) is 11.0. The molecule has 3 nitrogen and oxygen atoms in total. The van der Waals surface area contributed by atoms with Gasteiger partial charge in [0, 0.05) is 16.5 Å². The molecule has 1 heterocycles. The smallest absolute Gasteiger partial charge is 0.176 e. The van der Waals surface area contributed by atoms with Gasteiger partial charge in [-0.25, -0.2) is 0 Å². The van der Waals surface area contributed by atoms with Gasteiger partial charge in [-0.2, -0.15) is 0 Å². The fourth-order valence-electron chi connectivity index (χ4n) is 2.46. The Morgan fingerprint density at radius 2 is 1.75 bits per heavy atom. The number of furan rings is 1. The van der Waals surface area contributed by atoms with Gasteiger partial charge in [0.2, 0.25) is 0 Å². The minimum atomic E-state index is 0.183. The molecule has 1 aromatic heterocycles. The van der Waals surface area contributed by atoms with Gasteiger partial charge in [-0.1, -0.05) is 0 Å². The molecule has 2 aromatic carbocycles. The number of fused-ring (bicyclic) bond motifs is 1. The highest BCUT2D eigenvalue weighted by Crippen LogP contribution is 2.38. The summed E-state index contributed by atoms with van der Waals surface area (Å²) < 4.78 is 11.0. The molecule has 0 amide bonds. The standard InChI is InChI=1S/C17H16O3/c1-10-8-14-11(2)16(20-17(14)15(18)9-10)12-4-6-13(19-3)7-5-12/h4-9,18H,1-3H3. The molecule has 20 heavy (non-hydrogen) atoms. The molecule has 0 aliphatic carbocycles. The van der Waals surface area contributed by atoms with E-state index in [1.54, 1.807) is 13.2 Å². The highest BCUT2D eigenvalue weighted by Gasteiger charge is 2.15. The Kier molecular flexibility index (Phi) is 2.90. The maximum Gasteiger partial charge on any atom is 0.176 e.